The molecule has 0 bridgehead atoms. The first kappa shape index (κ1) is 17.0. The molecule has 6 nitrogen and oxygen atoms in total. The van der Waals surface area contributed by atoms with E-state index in [1.807, 2.05) is 28.8 Å². The number of rotatable bonds is 7. The fraction of sp³-hybridized carbons (Fsp3) is 0.389. The molecule has 2 rings (SSSR count). The number of hydrogen-bond donors (Lipinski definition) is 0. The summed E-state index contributed by atoms with van der Waals surface area (Å²) < 4.78 is 1.89. The average Bonchev–Trinajstić information content (AvgIpc) is 3.00. The van der Waals surface area contributed by atoms with E-state index in [9.17, 15) is 5.26 Å². The Morgan fingerprint density at radius 2 is 1.54 bits per heavy atom. The van der Waals surface area contributed by atoms with Crippen molar-refractivity contribution in [1.29, 1.82) is 21.0 Å². The number of aryl methyl sites for hydroxylation is 1. The third kappa shape index (κ3) is 3.19. The smallest absolute Gasteiger partial charge is 0.130 e. The third-order valence-corrected chi connectivity index (χ3v) is 4.07. The topological polar surface area (TPSA) is 113 Å². The lowest BCUT2D eigenvalue weighted by Gasteiger charge is -2.25. The Hall–Kier alpha value is -3.35. The highest BCUT2D eigenvalue weighted by molar-refractivity contribution is 5.76. The fourth-order valence-electron chi connectivity index (χ4n) is 2.88. The molecule has 0 fully saturated rings. The summed E-state index contributed by atoms with van der Waals surface area (Å²) in [6, 6.07) is 16.1. The molecule has 0 spiro atoms. The number of nitrogens with zero attached hydrogens (tertiary/aromatic N) is 6. The number of para-hydroxylation sites is 2. The molecule has 0 aliphatic carbocycles. The zero-order valence-electron chi connectivity index (χ0n) is 13.2. The number of aromatic nitrogens is 2. The van der Waals surface area contributed by atoms with Crippen molar-refractivity contribution in [1.82, 2.24) is 9.55 Å². The summed E-state index contributed by atoms with van der Waals surface area (Å²) in [4.78, 5) is 4.63. The Labute approximate surface area is 140 Å². The van der Waals surface area contributed by atoms with Gasteiger partial charge in [0.25, 0.3) is 0 Å². The van der Waals surface area contributed by atoms with Gasteiger partial charge in [-0.25, -0.2) is 4.98 Å². The molecular weight excluding hydrogens is 300 g/mol. The molecule has 24 heavy (non-hydrogen) atoms. The molecule has 1 aromatic carbocycles. The number of nitriles is 4. The number of benzene rings is 1. The van der Waals surface area contributed by atoms with E-state index in [1.165, 1.54) is 0 Å². The van der Waals surface area contributed by atoms with Crippen LogP contribution in [0.4, 0.5) is 0 Å². The van der Waals surface area contributed by atoms with E-state index in [0.29, 0.717) is 31.6 Å². The molecule has 0 radical (unpaired) electrons. The molecule has 0 atom stereocenters. The minimum absolute atomic E-state index is 0.209. The van der Waals surface area contributed by atoms with Crippen LogP contribution in [0, 0.1) is 45.3 Å². The van der Waals surface area contributed by atoms with Crippen LogP contribution in [0.25, 0.3) is 11.0 Å². The second-order valence-electron chi connectivity index (χ2n) is 5.49. The number of hydrogen-bond acceptors (Lipinski definition) is 5. The van der Waals surface area contributed by atoms with Crippen molar-refractivity contribution in [3.63, 3.8) is 0 Å². The van der Waals surface area contributed by atoms with Gasteiger partial charge in [0.05, 0.1) is 41.7 Å². The number of imidazole rings is 1. The van der Waals surface area contributed by atoms with Gasteiger partial charge in [0.15, 0.2) is 0 Å². The van der Waals surface area contributed by atoms with Gasteiger partial charge in [0, 0.05) is 19.4 Å². The summed E-state index contributed by atoms with van der Waals surface area (Å²) in [5.41, 5.74) is 0.607. The molecule has 0 saturated carbocycles. The van der Waals surface area contributed by atoms with Crippen molar-refractivity contribution >= 4 is 11.0 Å². The van der Waals surface area contributed by atoms with Gasteiger partial charge in [-0.2, -0.15) is 21.0 Å². The van der Waals surface area contributed by atoms with E-state index in [4.69, 9.17) is 15.8 Å². The van der Waals surface area contributed by atoms with E-state index in [-0.39, 0.29) is 12.8 Å². The summed E-state index contributed by atoms with van der Waals surface area (Å²) in [6.45, 7) is 0.425. The predicted molar refractivity (Wildman–Crippen MR) is 86.9 cm³/mol. The van der Waals surface area contributed by atoms with Crippen LogP contribution in [0.2, 0.25) is 0 Å². The molecule has 0 amide bonds. The SMILES string of the molecule is N#CCCn1c(C(C#N)(CCC#N)CCC#N)nc2ccccc21. The van der Waals surface area contributed by atoms with Gasteiger partial charge in [-0.3, -0.25) is 0 Å². The molecule has 0 saturated heterocycles. The molecule has 1 heterocycles. The van der Waals surface area contributed by atoms with Crippen LogP contribution in [-0.2, 0) is 12.0 Å². The van der Waals surface area contributed by atoms with Crippen LogP contribution >= 0.6 is 0 Å². The lowest BCUT2D eigenvalue weighted by molar-refractivity contribution is 0.430. The van der Waals surface area contributed by atoms with Crippen molar-refractivity contribution in [3.05, 3.63) is 30.1 Å². The van der Waals surface area contributed by atoms with Gasteiger partial charge >= 0.3 is 0 Å². The quantitative estimate of drug-likeness (QED) is 0.777. The van der Waals surface area contributed by atoms with Gasteiger partial charge < -0.3 is 4.57 Å². The van der Waals surface area contributed by atoms with Crippen molar-refractivity contribution in [2.24, 2.45) is 0 Å². The minimum atomic E-state index is -1.00. The fourth-order valence-corrected chi connectivity index (χ4v) is 2.88. The highest BCUT2D eigenvalue weighted by Crippen LogP contribution is 2.35. The molecule has 6 heteroatoms. The van der Waals surface area contributed by atoms with E-state index in [2.05, 4.69) is 29.3 Å². The average molecular weight is 316 g/mol. The molecule has 1 aromatic heterocycles. The van der Waals surface area contributed by atoms with Crippen LogP contribution in [0.5, 0.6) is 0 Å². The minimum Gasteiger partial charge on any atom is -0.326 e. The van der Waals surface area contributed by atoms with Gasteiger partial charge in [-0.15, -0.1) is 0 Å². The second-order valence-corrected chi connectivity index (χ2v) is 5.49. The summed E-state index contributed by atoms with van der Waals surface area (Å²) >= 11 is 0. The summed E-state index contributed by atoms with van der Waals surface area (Å²) in [6.07, 6.45) is 1.35. The molecule has 0 N–H and O–H groups in total. The first-order chi connectivity index (χ1) is 11.7. The monoisotopic (exact) mass is 316 g/mol. The second kappa shape index (κ2) is 7.77. The van der Waals surface area contributed by atoms with Gasteiger partial charge in [0.2, 0.25) is 0 Å². The normalized spacial score (nSPS) is 10.5. The molecule has 118 valence electrons. The highest BCUT2D eigenvalue weighted by Gasteiger charge is 2.37. The van der Waals surface area contributed by atoms with E-state index >= 15 is 0 Å². The molecular formula is C18H16N6. The Morgan fingerprint density at radius 3 is 2.12 bits per heavy atom. The highest BCUT2D eigenvalue weighted by atomic mass is 15.1. The summed E-state index contributed by atoms with van der Waals surface area (Å²) in [5.74, 6) is 0.548. The van der Waals surface area contributed by atoms with Crippen LogP contribution in [0.1, 0.15) is 37.9 Å². The standard InChI is InChI=1S/C18H16N6/c19-10-3-8-18(14-22,9-4-11-20)17-23-15-6-1-2-7-16(15)24(17)13-5-12-21/h1-2,6-7H,3-5,8-9,13H2. The lowest BCUT2D eigenvalue weighted by Crippen LogP contribution is -2.29. The van der Waals surface area contributed by atoms with Crippen LogP contribution in [-0.4, -0.2) is 9.55 Å². The van der Waals surface area contributed by atoms with Crippen molar-refractivity contribution < 1.29 is 0 Å². The van der Waals surface area contributed by atoms with E-state index < -0.39 is 5.41 Å². The van der Waals surface area contributed by atoms with Crippen molar-refractivity contribution in [2.75, 3.05) is 0 Å². The van der Waals surface area contributed by atoms with Gasteiger partial charge in [0.1, 0.15) is 11.2 Å². The molecule has 0 unspecified atom stereocenters. The summed E-state index contributed by atoms with van der Waals surface area (Å²) in [5, 5.41) is 36.7. The van der Waals surface area contributed by atoms with E-state index in [0.717, 1.165) is 11.0 Å². The molecule has 0 aliphatic rings. The van der Waals surface area contributed by atoms with Crippen LogP contribution < -0.4 is 0 Å². The lowest BCUT2D eigenvalue weighted by atomic mass is 9.79. The first-order valence-electron chi connectivity index (χ1n) is 7.70. The maximum absolute atomic E-state index is 9.87. The van der Waals surface area contributed by atoms with Gasteiger partial charge in [-0.1, -0.05) is 12.1 Å². The third-order valence-electron chi connectivity index (χ3n) is 4.07. The maximum Gasteiger partial charge on any atom is 0.130 e. The Balaban J connectivity index is 2.64. The predicted octanol–water partition coefficient (Wildman–Crippen LogP) is 3.32. The zero-order chi connectivity index (χ0) is 17.4. The van der Waals surface area contributed by atoms with Gasteiger partial charge in [-0.05, 0) is 25.0 Å². The van der Waals surface area contributed by atoms with Crippen LogP contribution in [0.15, 0.2) is 24.3 Å². The number of fused-ring (bicyclic) bond motifs is 1. The largest absolute Gasteiger partial charge is 0.326 e. The van der Waals surface area contributed by atoms with E-state index in [1.54, 1.807) is 0 Å². The first-order valence-corrected chi connectivity index (χ1v) is 7.70. The zero-order valence-corrected chi connectivity index (χ0v) is 13.2. The maximum atomic E-state index is 9.87. The Bertz CT molecular complexity index is 863. The van der Waals surface area contributed by atoms with Crippen LogP contribution in [0.3, 0.4) is 0 Å². The van der Waals surface area contributed by atoms with Crippen molar-refractivity contribution in [2.45, 2.75) is 44.1 Å². The van der Waals surface area contributed by atoms with Crippen molar-refractivity contribution in [3.8, 4) is 24.3 Å². The molecule has 2 aromatic rings. The Morgan fingerprint density at radius 1 is 0.917 bits per heavy atom. The summed E-state index contributed by atoms with van der Waals surface area (Å²) in [7, 11) is 0. The Kier molecular flexibility index (Phi) is 5.51. The molecule has 0 aliphatic heterocycles.